The number of nitrogens with one attached hydrogen (secondary N) is 1. The van der Waals surface area contributed by atoms with Crippen LogP contribution in [-0.4, -0.2) is 55.1 Å². The summed E-state index contributed by atoms with van der Waals surface area (Å²) in [5.41, 5.74) is 1.20. The molecular weight excluding hydrogens is 302 g/mol. The van der Waals surface area contributed by atoms with Gasteiger partial charge in [-0.1, -0.05) is 22.0 Å². The molecule has 0 amide bonds. The van der Waals surface area contributed by atoms with Gasteiger partial charge in [0.15, 0.2) is 0 Å². The molecule has 3 nitrogen and oxygen atoms in total. The molecule has 0 saturated carbocycles. The van der Waals surface area contributed by atoms with Crippen LogP contribution in [-0.2, 0) is 0 Å². The van der Waals surface area contributed by atoms with E-state index in [0.717, 1.165) is 23.6 Å². The van der Waals surface area contributed by atoms with Gasteiger partial charge in [0.25, 0.3) is 0 Å². The van der Waals surface area contributed by atoms with E-state index >= 15 is 0 Å². The van der Waals surface area contributed by atoms with Gasteiger partial charge < -0.3 is 5.32 Å². The van der Waals surface area contributed by atoms with Crippen LogP contribution in [0.2, 0.25) is 0 Å². The minimum Gasteiger partial charge on any atom is -0.384 e. The number of hydrogen-bond acceptors (Lipinski definition) is 3. The highest BCUT2D eigenvalue weighted by Crippen LogP contribution is 2.21. The van der Waals surface area contributed by atoms with Gasteiger partial charge in [0.1, 0.15) is 0 Å². The van der Waals surface area contributed by atoms with Crippen LogP contribution in [0, 0.1) is 0 Å². The molecule has 2 fully saturated rings. The van der Waals surface area contributed by atoms with Gasteiger partial charge in [-0.05, 0) is 37.6 Å². The van der Waals surface area contributed by atoms with Crippen LogP contribution in [0.4, 0.5) is 5.69 Å². The lowest BCUT2D eigenvalue weighted by Gasteiger charge is -2.37. The molecule has 2 aliphatic rings. The van der Waals surface area contributed by atoms with Gasteiger partial charge in [-0.3, -0.25) is 9.80 Å². The lowest BCUT2D eigenvalue weighted by atomic mass is 10.1. The van der Waals surface area contributed by atoms with E-state index in [1.807, 2.05) is 0 Å². The Bertz CT molecular complexity index is 424. The SMILES string of the molecule is Brc1cccc(NCCN2CCN3CCCC3C2)c1. The van der Waals surface area contributed by atoms with Crippen LogP contribution in [0.1, 0.15) is 12.8 Å². The quantitative estimate of drug-likeness (QED) is 0.919. The second-order valence-electron chi connectivity index (χ2n) is 5.57. The maximum absolute atomic E-state index is 3.51. The Hall–Kier alpha value is -0.580. The van der Waals surface area contributed by atoms with Crippen molar-refractivity contribution < 1.29 is 0 Å². The number of nitrogens with zero attached hydrogens (tertiary/aromatic N) is 2. The first-order valence-corrected chi connectivity index (χ1v) is 8.06. The molecule has 1 atom stereocenters. The average Bonchev–Trinajstić information content (AvgIpc) is 2.86. The zero-order valence-corrected chi connectivity index (χ0v) is 12.9. The monoisotopic (exact) mass is 323 g/mol. The number of fused-ring (bicyclic) bond motifs is 1. The Morgan fingerprint density at radius 1 is 1.26 bits per heavy atom. The fourth-order valence-corrected chi connectivity index (χ4v) is 3.61. The summed E-state index contributed by atoms with van der Waals surface area (Å²) in [6, 6.07) is 9.22. The minimum absolute atomic E-state index is 0.833. The van der Waals surface area contributed by atoms with Gasteiger partial charge in [0, 0.05) is 48.9 Å². The second-order valence-corrected chi connectivity index (χ2v) is 6.49. The number of halogens is 1. The maximum atomic E-state index is 3.51. The number of hydrogen-bond donors (Lipinski definition) is 1. The smallest absolute Gasteiger partial charge is 0.0351 e. The largest absolute Gasteiger partial charge is 0.384 e. The zero-order valence-electron chi connectivity index (χ0n) is 11.3. The Kier molecular flexibility index (Phi) is 4.41. The van der Waals surface area contributed by atoms with Crippen LogP contribution >= 0.6 is 15.9 Å². The van der Waals surface area contributed by atoms with Crippen molar-refractivity contribution in [1.29, 1.82) is 0 Å². The summed E-state index contributed by atoms with van der Waals surface area (Å²) < 4.78 is 1.14. The predicted octanol–water partition coefficient (Wildman–Crippen LogP) is 2.64. The van der Waals surface area contributed by atoms with Gasteiger partial charge in [-0.2, -0.15) is 0 Å². The summed E-state index contributed by atoms with van der Waals surface area (Å²) in [5.74, 6) is 0. The number of benzene rings is 1. The van der Waals surface area contributed by atoms with E-state index in [4.69, 9.17) is 0 Å². The molecule has 1 N–H and O–H groups in total. The van der Waals surface area contributed by atoms with Crippen LogP contribution in [0.15, 0.2) is 28.7 Å². The highest BCUT2D eigenvalue weighted by atomic mass is 79.9. The Labute approximate surface area is 124 Å². The fraction of sp³-hybridized carbons (Fsp3) is 0.600. The molecule has 3 rings (SSSR count). The van der Waals surface area contributed by atoms with Crippen molar-refractivity contribution in [2.24, 2.45) is 0 Å². The Morgan fingerprint density at radius 2 is 2.21 bits per heavy atom. The van der Waals surface area contributed by atoms with E-state index in [2.05, 4.69) is 55.3 Å². The highest BCUT2D eigenvalue weighted by molar-refractivity contribution is 9.10. The summed E-state index contributed by atoms with van der Waals surface area (Å²) >= 11 is 3.51. The fourth-order valence-electron chi connectivity index (χ4n) is 3.22. The van der Waals surface area contributed by atoms with Crippen molar-refractivity contribution in [3.63, 3.8) is 0 Å². The molecule has 0 bridgehead atoms. The molecule has 0 spiro atoms. The number of piperazine rings is 1. The molecule has 4 heteroatoms. The van der Waals surface area contributed by atoms with Gasteiger partial charge in [-0.25, -0.2) is 0 Å². The molecule has 1 aromatic rings. The molecule has 1 aromatic carbocycles. The molecule has 2 aliphatic heterocycles. The van der Waals surface area contributed by atoms with Crippen LogP contribution in [0.5, 0.6) is 0 Å². The molecule has 0 radical (unpaired) electrons. The van der Waals surface area contributed by atoms with Crippen molar-refractivity contribution in [1.82, 2.24) is 9.80 Å². The van der Waals surface area contributed by atoms with Crippen molar-refractivity contribution in [2.45, 2.75) is 18.9 Å². The van der Waals surface area contributed by atoms with E-state index in [1.165, 1.54) is 44.7 Å². The first-order valence-electron chi connectivity index (χ1n) is 7.27. The molecule has 0 aromatic heterocycles. The third kappa shape index (κ3) is 3.50. The van der Waals surface area contributed by atoms with E-state index in [-0.39, 0.29) is 0 Å². The number of anilines is 1. The summed E-state index contributed by atoms with van der Waals surface area (Å²) in [6.07, 6.45) is 2.80. The highest BCUT2D eigenvalue weighted by Gasteiger charge is 2.29. The van der Waals surface area contributed by atoms with Crippen molar-refractivity contribution in [3.05, 3.63) is 28.7 Å². The van der Waals surface area contributed by atoms with Gasteiger partial charge in [0.2, 0.25) is 0 Å². The molecular formula is C15H22BrN3. The van der Waals surface area contributed by atoms with Crippen LogP contribution in [0.25, 0.3) is 0 Å². The Morgan fingerprint density at radius 3 is 3.11 bits per heavy atom. The lowest BCUT2D eigenvalue weighted by molar-refractivity contribution is 0.108. The third-order valence-corrected chi connectivity index (χ3v) is 4.75. The second kappa shape index (κ2) is 6.25. The van der Waals surface area contributed by atoms with E-state index in [0.29, 0.717) is 0 Å². The van der Waals surface area contributed by atoms with E-state index in [1.54, 1.807) is 0 Å². The first-order chi connectivity index (χ1) is 9.31. The molecule has 1 unspecified atom stereocenters. The standard InChI is InChI=1S/C15H22BrN3/c16-13-3-1-4-14(11-13)17-6-8-18-9-10-19-7-2-5-15(19)12-18/h1,3-4,11,15,17H,2,5-10,12H2. The molecule has 0 aliphatic carbocycles. The summed E-state index contributed by atoms with van der Waals surface area (Å²) in [4.78, 5) is 5.27. The molecule has 2 saturated heterocycles. The van der Waals surface area contributed by atoms with Gasteiger partial charge in [0.05, 0.1) is 0 Å². The first kappa shape index (κ1) is 13.4. The topological polar surface area (TPSA) is 18.5 Å². The minimum atomic E-state index is 0.833. The summed E-state index contributed by atoms with van der Waals surface area (Å²) in [7, 11) is 0. The molecule has 104 valence electrons. The molecule has 2 heterocycles. The normalized spacial score (nSPS) is 24.4. The summed E-state index contributed by atoms with van der Waals surface area (Å²) in [6.45, 7) is 7.27. The van der Waals surface area contributed by atoms with Gasteiger partial charge >= 0.3 is 0 Å². The van der Waals surface area contributed by atoms with Crippen molar-refractivity contribution in [3.8, 4) is 0 Å². The van der Waals surface area contributed by atoms with Crippen molar-refractivity contribution in [2.75, 3.05) is 44.6 Å². The predicted molar refractivity (Wildman–Crippen MR) is 83.7 cm³/mol. The Balaban J connectivity index is 1.43. The van der Waals surface area contributed by atoms with Gasteiger partial charge in [-0.15, -0.1) is 0 Å². The van der Waals surface area contributed by atoms with Crippen molar-refractivity contribution >= 4 is 21.6 Å². The van der Waals surface area contributed by atoms with Crippen LogP contribution < -0.4 is 5.32 Å². The average molecular weight is 324 g/mol. The lowest BCUT2D eigenvalue weighted by Crippen LogP contribution is -2.51. The summed E-state index contributed by atoms with van der Waals surface area (Å²) in [5, 5.41) is 3.51. The third-order valence-electron chi connectivity index (χ3n) is 4.25. The van der Waals surface area contributed by atoms with E-state index < -0.39 is 0 Å². The zero-order chi connectivity index (χ0) is 13.1. The van der Waals surface area contributed by atoms with E-state index in [9.17, 15) is 0 Å². The molecule has 19 heavy (non-hydrogen) atoms. The maximum Gasteiger partial charge on any atom is 0.0351 e. The number of rotatable bonds is 4. The van der Waals surface area contributed by atoms with Crippen LogP contribution in [0.3, 0.4) is 0 Å².